The Bertz CT molecular complexity index is 936. The fourth-order valence-corrected chi connectivity index (χ4v) is 6.28. The van der Waals surface area contributed by atoms with E-state index in [-0.39, 0.29) is 18.2 Å². The van der Waals surface area contributed by atoms with E-state index in [2.05, 4.69) is 0 Å². The Morgan fingerprint density at radius 2 is 1.70 bits per heavy atom. The number of nitrogens with zero attached hydrogens (tertiary/aromatic N) is 2. The maximum absolute atomic E-state index is 12.8. The van der Waals surface area contributed by atoms with Gasteiger partial charge in [0.05, 0.1) is 38.3 Å². The number of thiophene rings is 1. The zero-order valence-corrected chi connectivity index (χ0v) is 16.2. The molecule has 9 heteroatoms. The van der Waals surface area contributed by atoms with Crippen LogP contribution in [-0.4, -0.2) is 56.8 Å². The van der Waals surface area contributed by atoms with Gasteiger partial charge in [0, 0.05) is 0 Å². The molecule has 0 unspecified atom stereocenters. The van der Waals surface area contributed by atoms with Gasteiger partial charge in [-0.2, -0.15) is 4.31 Å². The number of anilines is 1. The summed E-state index contributed by atoms with van der Waals surface area (Å²) in [5.74, 6) is -0.395. The van der Waals surface area contributed by atoms with Crippen molar-refractivity contribution in [2.45, 2.75) is 16.7 Å². The molecular formula is C18H20N3O4S2+. The standard InChI is InChI=1S/C18H19N3O4S2/c22-16-13-15(18(23)21(16)14-5-2-1-3-6-14)19-8-10-20(11-9-19)27(24,25)17-7-4-12-26-17/h1-7,12,15H,8-11,13H2/p+1/t15-/m0/s1. The molecule has 1 aromatic heterocycles. The molecule has 27 heavy (non-hydrogen) atoms. The zero-order chi connectivity index (χ0) is 19.0. The van der Waals surface area contributed by atoms with Crippen LogP contribution >= 0.6 is 11.3 Å². The lowest BCUT2D eigenvalue weighted by Crippen LogP contribution is -3.19. The number of carbonyl (C=O) groups is 2. The number of para-hydroxylation sites is 1. The van der Waals surface area contributed by atoms with E-state index in [1.807, 2.05) is 6.07 Å². The minimum absolute atomic E-state index is 0.167. The van der Waals surface area contributed by atoms with E-state index in [4.69, 9.17) is 0 Å². The van der Waals surface area contributed by atoms with Crippen molar-refractivity contribution in [3.63, 3.8) is 0 Å². The van der Waals surface area contributed by atoms with Gasteiger partial charge in [-0.25, -0.2) is 13.3 Å². The SMILES string of the molecule is O=C1C[C@H]([NH+]2CCN(S(=O)(=O)c3cccs3)CC2)C(=O)N1c1ccccc1. The Morgan fingerprint density at radius 3 is 2.33 bits per heavy atom. The molecule has 0 radical (unpaired) electrons. The lowest BCUT2D eigenvalue weighted by atomic mass is 10.2. The molecule has 2 saturated heterocycles. The predicted molar refractivity (Wildman–Crippen MR) is 101 cm³/mol. The summed E-state index contributed by atoms with van der Waals surface area (Å²) in [5.41, 5.74) is 0.591. The van der Waals surface area contributed by atoms with Gasteiger partial charge in [-0.1, -0.05) is 24.3 Å². The molecule has 2 amide bonds. The van der Waals surface area contributed by atoms with Crippen molar-refractivity contribution < 1.29 is 22.9 Å². The number of benzene rings is 1. The Kier molecular flexibility index (Phi) is 4.85. The van der Waals surface area contributed by atoms with Crippen molar-refractivity contribution in [2.24, 2.45) is 0 Å². The van der Waals surface area contributed by atoms with Gasteiger partial charge in [0.25, 0.3) is 15.9 Å². The number of amides is 2. The predicted octanol–water partition coefficient (Wildman–Crippen LogP) is -0.0306. The Labute approximate surface area is 161 Å². The fraction of sp³-hybridized carbons (Fsp3) is 0.333. The molecule has 142 valence electrons. The average Bonchev–Trinajstić information content (AvgIpc) is 3.31. The minimum Gasteiger partial charge on any atom is -0.322 e. The molecule has 1 N–H and O–H groups in total. The summed E-state index contributed by atoms with van der Waals surface area (Å²) in [7, 11) is -3.47. The molecule has 2 aromatic rings. The van der Waals surface area contributed by atoms with Crippen LogP contribution in [0.4, 0.5) is 5.69 Å². The number of sulfonamides is 1. The van der Waals surface area contributed by atoms with Crippen LogP contribution in [0.2, 0.25) is 0 Å². The van der Waals surface area contributed by atoms with Gasteiger partial charge in [-0.3, -0.25) is 9.59 Å². The summed E-state index contributed by atoms with van der Waals surface area (Å²) in [6, 6.07) is 11.8. The van der Waals surface area contributed by atoms with E-state index in [9.17, 15) is 18.0 Å². The van der Waals surface area contributed by atoms with Crippen molar-refractivity contribution in [1.29, 1.82) is 0 Å². The first kappa shape index (κ1) is 18.3. The van der Waals surface area contributed by atoms with Gasteiger partial charge in [0.15, 0.2) is 6.04 Å². The molecule has 0 saturated carbocycles. The topological polar surface area (TPSA) is 79.2 Å². The third-order valence-corrected chi connectivity index (χ3v) is 8.38. The van der Waals surface area contributed by atoms with Crippen LogP contribution in [0.25, 0.3) is 0 Å². The van der Waals surface area contributed by atoms with E-state index >= 15 is 0 Å². The molecule has 0 aliphatic carbocycles. The van der Waals surface area contributed by atoms with E-state index in [0.717, 1.165) is 4.90 Å². The second-order valence-electron chi connectivity index (χ2n) is 6.65. The average molecular weight is 407 g/mol. The normalized spacial score (nSPS) is 22.5. The van der Waals surface area contributed by atoms with Crippen molar-refractivity contribution in [3.8, 4) is 0 Å². The van der Waals surface area contributed by atoms with Crippen LogP contribution < -0.4 is 9.80 Å². The van der Waals surface area contributed by atoms with Crippen LogP contribution in [0.3, 0.4) is 0 Å². The second-order valence-corrected chi connectivity index (χ2v) is 9.77. The fourth-order valence-electron chi connectivity index (χ4n) is 3.70. The lowest BCUT2D eigenvalue weighted by molar-refractivity contribution is -0.918. The smallest absolute Gasteiger partial charge is 0.292 e. The van der Waals surface area contributed by atoms with Crippen molar-refractivity contribution in [2.75, 3.05) is 31.1 Å². The molecule has 2 fully saturated rings. The Balaban J connectivity index is 1.45. The van der Waals surface area contributed by atoms with Gasteiger partial charge in [0.2, 0.25) is 5.91 Å². The van der Waals surface area contributed by atoms with Crippen molar-refractivity contribution in [1.82, 2.24) is 4.31 Å². The number of imide groups is 1. The van der Waals surface area contributed by atoms with Gasteiger partial charge >= 0.3 is 0 Å². The maximum Gasteiger partial charge on any atom is 0.292 e. The third-order valence-electron chi connectivity index (χ3n) is 5.11. The first-order valence-electron chi connectivity index (χ1n) is 8.78. The van der Waals surface area contributed by atoms with Crippen LogP contribution in [0.15, 0.2) is 52.1 Å². The van der Waals surface area contributed by atoms with E-state index in [0.29, 0.717) is 36.1 Å². The monoisotopic (exact) mass is 406 g/mol. The summed E-state index contributed by atoms with van der Waals surface area (Å²) in [5, 5.41) is 1.75. The highest BCUT2D eigenvalue weighted by Crippen LogP contribution is 2.23. The van der Waals surface area contributed by atoms with Gasteiger partial charge in [0.1, 0.15) is 4.21 Å². The molecule has 7 nitrogen and oxygen atoms in total. The summed E-state index contributed by atoms with van der Waals surface area (Å²) in [6.45, 7) is 1.71. The van der Waals surface area contributed by atoms with E-state index in [1.54, 1.807) is 41.8 Å². The molecule has 0 bridgehead atoms. The molecule has 2 aliphatic rings. The molecule has 3 heterocycles. The second kappa shape index (κ2) is 7.16. The van der Waals surface area contributed by atoms with E-state index in [1.165, 1.54) is 20.5 Å². The number of hydrogen-bond acceptors (Lipinski definition) is 5. The molecule has 2 aliphatic heterocycles. The zero-order valence-electron chi connectivity index (χ0n) is 14.6. The highest BCUT2D eigenvalue weighted by Gasteiger charge is 2.47. The van der Waals surface area contributed by atoms with Crippen LogP contribution in [0.1, 0.15) is 6.42 Å². The number of rotatable bonds is 4. The number of quaternary nitrogens is 1. The summed E-state index contributed by atoms with van der Waals surface area (Å²) >= 11 is 1.21. The number of piperazine rings is 1. The number of nitrogens with one attached hydrogen (secondary N) is 1. The van der Waals surface area contributed by atoms with Gasteiger partial charge in [-0.15, -0.1) is 11.3 Å². The Morgan fingerprint density at radius 1 is 1.00 bits per heavy atom. The van der Waals surface area contributed by atoms with Crippen molar-refractivity contribution in [3.05, 3.63) is 47.8 Å². The highest BCUT2D eigenvalue weighted by atomic mass is 32.2. The lowest BCUT2D eigenvalue weighted by Gasteiger charge is -2.33. The summed E-state index contributed by atoms with van der Waals surface area (Å²) in [4.78, 5) is 27.5. The van der Waals surface area contributed by atoms with Gasteiger partial charge < -0.3 is 4.90 Å². The van der Waals surface area contributed by atoms with Crippen molar-refractivity contribution >= 4 is 38.9 Å². The maximum atomic E-state index is 12.8. The van der Waals surface area contributed by atoms with Gasteiger partial charge in [-0.05, 0) is 23.6 Å². The van der Waals surface area contributed by atoms with E-state index < -0.39 is 16.1 Å². The third kappa shape index (κ3) is 3.31. The number of carbonyl (C=O) groups excluding carboxylic acids is 2. The van der Waals surface area contributed by atoms with Crippen LogP contribution in [0.5, 0.6) is 0 Å². The largest absolute Gasteiger partial charge is 0.322 e. The molecule has 1 aromatic carbocycles. The first-order valence-corrected chi connectivity index (χ1v) is 11.1. The summed E-state index contributed by atoms with van der Waals surface area (Å²) < 4.78 is 27.1. The highest BCUT2D eigenvalue weighted by molar-refractivity contribution is 7.91. The molecular weight excluding hydrogens is 386 g/mol. The number of hydrogen-bond donors (Lipinski definition) is 1. The molecule has 1 atom stereocenters. The van der Waals surface area contributed by atoms with Crippen LogP contribution in [0, 0.1) is 0 Å². The minimum atomic E-state index is -3.47. The summed E-state index contributed by atoms with van der Waals surface area (Å²) in [6.07, 6.45) is 0.167. The van der Waals surface area contributed by atoms with Crippen LogP contribution in [-0.2, 0) is 19.6 Å². The quantitative estimate of drug-likeness (QED) is 0.724. The Hall–Kier alpha value is -2.07. The first-order chi connectivity index (χ1) is 13.0. The molecule has 0 spiro atoms. The molecule has 4 rings (SSSR count).